The molecular formula is C21H34O4. The lowest BCUT2D eigenvalue weighted by Gasteiger charge is -2.62. The van der Waals surface area contributed by atoms with Gasteiger partial charge in [-0.1, -0.05) is 20.8 Å². The second-order valence-corrected chi connectivity index (χ2v) is 9.99. The molecule has 4 aliphatic carbocycles. The van der Waals surface area contributed by atoms with Gasteiger partial charge in [-0.3, -0.25) is 4.79 Å². The van der Waals surface area contributed by atoms with Gasteiger partial charge in [0.05, 0.1) is 12.2 Å². The van der Waals surface area contributed by atoms with Gasteiger partial charge in [0.2, 0.25) is 0 Å². The minimum atomic E-state index is -1.01. The minimum Gasteiger partial charge on any atom is -0.390 e. The summed E-state index contributed by atoms with van der Waals surface area (Å²) in [7, 11) is 0. The van der Waals surface area contributed by atoms with Gasteiger partial charge in [0.1, 0.15) is 11.9 Å². The van der Waals surface area contributed by atoms with E-state index < -0.39 is 18.3 Å². The number of fused-ring (bicyclic) bond motifs is 5. The van der Waals surface area contributed by atoms with Crippen LogP contribution in [0.15, 0.2) is 0 Å². The number of ketones is 1. The van der Waals surface area contributed by atoms with Crippen molar-refractivity contribution >= 4 is 5.78 Å². The first kappa shape index (κ1) is 17.9. The highest BCUT2D eigenvalue weighted by atomic mass is 16.4. The van der Waals surface area contributed by atoms with E-state index in [1.807, 2.05) is 0 Å². The molecule has 142 valence electrons. The molecule has 0 saturated heterocycles. The fourth-order valence-electron chi connectivity index (χ4n) is 7.97. The molecule has 10 atom stereocenters. The lowest BCUT2D eigenvalue weighted by atomic mass is 9.44. The van der Waals surface area contributed by atoms with Gasteiger partial charge in [-0.15, -0.1) is 0 Å². The van der Waals surface area contributed by atoms with Crippen LogP contribution < -0.4 is 0 Å². The average Bonchev–Trinajstić information content (AvgIpc) is 2.82. The first-order valence-corrected chi connectivity index (χ1v) is 10.3. The number of Topliss-reactive ketones (excluding diaryl/α,β-unsaturated/α-hetero) is 1. The highest BCUT2D eigenvalue weighted by molar-refractivity contribution is 5.84. The number of aliphatic hydroxyl groups is 3. The number of hydrogen-bond donors (Lipinski definition) is 3. The van der Waals surface area contributed by atoms with Crippen LogP contribution in [0.25, 0.3) is 0 Å². The van der Waals surface area contributed by atoms with Crippen molar-refractivity contribution in [3.8, 4) is 0 Å². The Morgan fingerprint density at radius 3 is 2.36 bits per heavy atom. The van der Waals surface area contributed by atoms with Gasteiger partial charge in [-0.05, 0) is 73.0 Å². The number of rotatable bonds is 1. The zero-order valence-electron chi connectivity index (χ0n) is 15.8. The zero-order chi connectivity index (χ0) is 18.1. The topological polar surface area (TPSA) is 77.8 Å². The van der Waals surface area contributed by atoms with Crippen LogP contribution in [0.1, 0.15) is 65.7 Å². The van der Waals surface area contributed by atoms with E-state index in [0.717, 1.165) is 38.5 Å². The van der Waals surface area contributed by atoms with E-state index in [2.05, 4.69) is 20.8 Å². The first-order chi connectivity index (χ1) is 11.7. The summed E-state index contributed by atoms with van der Waals surface area (Å²) >= 11 is 0. The summed E-state index contributed by atoms with van der Waals surface area (Å²) in [6, 6.07) is 0. The van der Waals surface area contributed by atoms with Gasteiger partial charge in [0, 0.05) is 12.3 Å². The van der Waals surface area contributed by atoms with E-state index >= 15 is 0 Å². The van der Waals surface area contributed by atoms with E-state index in [-0.39, 0.29) is 22.7 Å². The Morgan fingerprint density at radius 1 is 0.960 bits per heavy atom. The third-order valence-corrected chi connectivity index (χ3v) is 9.20. The molecule has 0 bridgehead atoms. The zero-order valence-corrected chi connectivity index (χ0v) is 15.8. The van der Waals surface area contributed by atoms with Crippen molar-refractivity contribution in [1.29, 1.82) is 0 Å². The Bertz CT molecular complexity index is 562. The second kappa shape index (κ2) is 5.77. The molecule has 0 aliphatic heterocycles. The Balaban J connectivity index is 1.66. The molecule has 4 nitrogen and oxygen atoms in total. The first-order valence-electron chi connectivity index (χ1n) is 10.3. The standard InChI is InChI=1S/C21H34O4/c1-4-12-16(22)9-15-11-5-6-14-18(24)19(25)17(23)10-21(14,3)13(11)7-8-20(12,15)2/h11-15,17-19,23-25H,4-10H2,1-3H3/t11-,12+,13-,14-,15-,17-,18-,19-,20-,21-/m1/s1. The lowest BCUT2D eigenvalue weighted by Crippen LogP contribution is -2.61. The van der Waals surface area contributed by atoms with Crippen LogP contribution in [0.4, 0.5) is 0 Å². The fourth-order valence-corrected chi connectivity index (χ4v) is 7.97. The summed E-state index contributed by atoms with van der Waals surface area (Å²) in [6.45, 7) is 6.72. The van der Waals surface area contributed by atoms with E-state index in [1.165, 1.54) is 0 Å². The molecule has 0 radical (unpaired) electrons. The molecule has 4 heteroatoms. The Kier molecular flexibility index (Phi) is 4.14. The fraction of sp³-hybridized carbons (Fsp3) is 0.952. The van der Waals surface area contributed by atoms with Crippen molar-refractivity contribution in [3.63, 3.8) is 0 Å². The predicted molar refractivity (Wildman–Crippen MR) is 94.7 cm³/mol. The second-order valence-electron chi connectivity index (χ2n) is 9.99. The van der Waals surface area contributed by atoms with Crippen molar-refractivity contribution in [2.75, 3.05) is 0 Å². The van der Waals surface area contributed by atoms with Crippen molar-refractivity contribution in [2.45, 2.75) is 84.0 Å². The molecule has 0 aromatic rings. The number of aliphatic hydroxyl groups excluding tert-OH is 3. The SMILES string of the molecule is CC[C@H]1C(=O)C[C@@H]2[C@@H]3CC[C@@H]4[C@@H](O)[C@H](O)[C@H](O)C[C@]4(C)[C@@H]3CC[C@@]21C. The molecule has 0 aromatic heterocycles. The highest BCUT2D eigenvalue weighted by Gasteiger charge is 2.63. The average molecular weight is 350 g/mol. The van der Waals surface area contributed by atoms with Crippen LogP contribution in [0.5, 0.6) is 0 Å². The van der Waals surface area contributed by atoms with Gasteiger partial charge < -0.3 is 15.3 Å². The summed E-state index contributed by atoms with van der Waals surface area (Å²) in [5, 5.41) is 31.1. The van der Waals surface area contributed by atoms with Crippen LogP contribution in [-0.4, -0.2) is 39.4 Å². The molecule has 0 heterocycles. The maximum absolute atomic E-state index is 12.6. The molecular weight excluding hydrogens is 316 g/mol. The van der Waals surface area contributed by atoms with Crippen LogP contribution in [-0.2, 0) is 4.79 Å². The van der Waals surface area contributed by atoms with Crippen molar-refractivity contribution in [3.05, 3.63) is 0 Å². The third kappa shape index (κ3) is 2.26. The molecule has 0 unspecified atom stereocenters. The molecule has 4 aliphatic rings. The summed E-state index contributed by atoms with van der Waals surface area (Å²) in [5.41, 5.74) is 0.0112. The van der Waals surface area contributed by atoms with Crippen molar-refractivity contribution in [1.82, 2.24) is 0 Å². The third-order valence-electron chi connectivity index (χ3n) is 9.20. The Morgan fingerprint density at radius 2 is 1.68 bits per heavy atom. The smallest absolute Gasteiger partial charge is 0.136 e. The number of carbonyl (C=O) groups excluding carboxylic acids is 1. The van der Waals surface area contributed by atoms with Crippen LogP contribution in [0, 0.1) is 40.4 Å². The maximum atomic E-state index is 12.6. The van der Waals surface area contributed by atoms with Gasteiger partial charge in [0.25, 0.3) is 0 Å². The molecule has 4 rings (SSSR count). The van der Waals surface area contributed by atoms with Gasteiger partial charge in [-0.25, -0.2) is 0 Å². The van der Waals surface area contributed by atoms with Crippen LogP contribution >= 0.6 is 0 Å². The normalized spacial score (nSPS) is 58.4. The highest BCUT2D eigenvalue weighted by Crippen LogP contribution is 2.67. The number of carbonyl (C=O) groups is 1. The molecule has 0 aromatic carbocycles. The predicted octanol–water partition coefficient (Wildman–Crippen LogP) is 2.54. The van der Waals surface area contributed by atoms with Gasteiger partial charge >= 0.3 is 0 Å². The Labute approximate surface area is 151 Å². The summed E-state index contributed by atoms with van der Waals surface area (Å²) < 4.78 is 0. The molecule has 3 N–H and O–H groups in total. The molecule has 4 saturated carbocycles. The maximum Gasteiger partial charge on any atom is 0.136 e. The monoisotopic (exact) mass is 350 g/mol. The van der Waals surface area contributed by atoms with E-state index in [1.54, 1.807) is 0 Å². The van der Waals surface area contributed by atoms with E-state index in [4.69, 9.17) is 0 Å². The molecule has 25 heavy (non-hydrogen) atoms. The Hall–Kier alpha value is -0.450. The summed E-state index contributed by atoms with van der Waals surface area (Å²) in [6.07, 6.45) is 3.71. The van der Waals surface area contributed by atoms with Gasteiger partial charge in [0.15, 0.2) is 0 Å². The van der Waals surface area contributed by atoms with Gasteiger partial charge in [-0.2, -0.15) is 0 Å². The van der Waals surface area contributed by atoms with Crippen molar-refractivity contribution in [2.24, 2.45) is 40.4 Å². The van der Waals surface area contributed by atoms with E-state index in [0.29, 0.717) is 30.0 Å². The summed E-state index contributed by atoms with van der Waals surface area (Å²) in [4.78, 5) is 12.6. The molecule has 0 amide bonds. The van der Waals surface area contributed by atoms with Crippen molar-refractivity contribution < 1.29 is 20.1 Å². The van der Waals surface area contributed by atoms with E-state index in [9.17, 15) is 20.1 Å². The minimum absolute atomic E-state index is 0.0654. The number of hydrogen-bond acceptors (Lipinski definition) is 4. The summed E-state index contributed by atoms with van der Waals surface area (Å²) in [5.74, 6) is 2.17. The van der Waals surface area contributed by atoms with Crippen LogP contribution in [0.3, 0.4) is 0 Å². The lowest BCUT2D eigenvalue weighted by molar-refractivity contribution is -0.207. The molecule has 4 fully saturated rings. The van der Waals surface area contributed by atoms with Crippen LogP contribution in [0.2, 0.25) is 0 Å². The molecule has 0 spiro atoms. The largest absolute Gasteiger partial charge is 0.390 e. The quantitative estimate of drug-likeness (QED) is 0.679.